The molecule has 0 bridgehead atoms. The van der Waals surface area contributed by atoms with Crippen LogP contribution >= 0.6 is 0 Å². The first-order valence-corrected chi connectivity index (χ1v) is 35.7. The van der Waals surface area contributed by atoms with Gasteiger partial charge in [-0.3, -0.25) is 50.3 Å². The molecule has 2 aliphatic carbocycles. The maximum atomic E-state index is 14.4. The van der Waals surface area contributed by atoms with Crippen LogP contribution in [0.2, 0.25) is 0 Å². The molecule has 102 heavy (non-hydrogen) atoms. The second-order valence-corrected chi connectivity index (χ2v) is 26.2. The molecule has 6 amide bonds. The summed E-state index contributed by atoms with van der Waals surface area (Å²) in [6.45, 7) is 5.21. The van der Waals surface area contributed by atoms with E-state index in [0.29, 0.717) is 136 Å². The molecule has 0 unspecified atom stereocenters. The highest BCUT2D eigenvalue weighted by molar-refractivity contribution is 6.05. The average molecular weight is 1430 g/mol. The Morgan fingerprint density at radius 2 is 0.627 bits per heavy atom. The van der Waals surface area contributed by atoms with Gasteiger partial charge in [0.15, 0.2) is 17.9 Å². The minimum Gasteiger partial charge on any atom is -0.496 e. The van der Waals surface area contributed by atoms with Crippen LogP contribution in [0, 0.1) is 16.2 Å². The number of unbranched alkanes of at least 4 members (excludes halogenated alkanes) is 8. The lowest BCUT2D eigenvalue weighted by Gasteiger charge is -2.30. The van der Waals surface area contributed by atoms with E-state index in [4.69, 9.17) is 73.3 Å². The van der Waals surface area contributed by atoms with Crippen LogP contribution in [0.5, 0.6) is 34.5 Å². The molecular formula is C70H116N20O12. The second kappa shape index (κ2) is 45.7. The largest absolute Gasteiger partial charge is 0.496 e. The number of rotatable bonds is 47. The number of guanidine groups is 3. The van der Waals surface area contributed by atoms with Crippen molar-refractivity contribution in [2.75, 3.05) is 121 Å². The Kier molecular flexibility index (Phi) is 37.4. The number of methoxy groups -OCH3 is 2. The first-order valence-electron chi connectivity index (χ1n) is 35.7. The molecule has 0 radical (unpaired) electrons. The monoisotopic (exact) mass is 1430 g/mol. The Hall–Kier alpha value is -9.11. The fourth-order valence-corrected chi connectivity index (χ4v) is 11.6. The number of carbonyl (C=O) groups is 6. The molecule has 0 aromatic heterocycles. The summed E-state index contributed by atoms with van der Waals surface area (Å²) in [5.41, 5.74) is 28.5. The van der Waals surface area contributed by atoms with E-state index in [0.717, 1.165) is 51.4 Å². The van der Waals surface area contributed by atoms with Gasteiger partial charge in [0.25, 0.3) is 35.4 Å². The van der Waals surface area contributed by atoms with Gasteiger partial charge in [0.2, 0.25) is 0 Å². The van der Waals surface area contributed by atoms with E-state index in [1.807, 2.05) is 38.0 Å². The van der Waals surface area contributed by atoms with E-state index in [1.54, 1.807) is 12.1 Å². The normalized spacial score (nSPS) is 15.7. The number of likely N-dealkylation sites (N-methyl/N-ethyl adjacent to an activating group) is 2. The van der Waals surface area contributed by atoms with Crippen LogP contribution < -0.4 is 110 Å². The third-order valence-electron chi connectivity index (χ3n) is 17.3. The summed E-state index contributed by atoms with van der Waals surface area (Å²) in [6, 6.07) is 8.06. The average Bonchev–Trinajstić information content (AvgIpc) is 0.814. The van der Waals surface area contributed by atoms with Gasteiger partial charge in [-0.2, -0.15) is 0 Å². The molecule has 0 atom stereocenters. The number of nitrogens with zero attached hydrogens (tertiary/aromatic N) is 2. The SMILES string of the molecule is COc1cc(OC)c(C(=O)N[C@H]2CC[C@H](NC(=O)c3cc(C(=O)NCCN(C)C)c(OCCCCCNC(N)N)cc3OCCCCCNC(=N)N)CC2)cc1C(=O)N[C@H]1CC[C@@H](NC(=O)c2cc(C(=O)NCCN(C)C)c(OCCCCCNC(=N)N)cc2OCCCCCNC(=N)N)CC1. The topological polar surface area (TPSA) is 486 Å². The standard InChI is InChI=1S/C70H116N20O12/c1-89(2)33-31-79-61(91)51-40-53(59(101-37-17-9-13-29-83-69(75)76)43-57(51)99-35-15-7-11-27-81-67(71)72)65(95)87-47-23-19-45(20-24-47)85-63(93)49-39-50(56(98-6)42-55(49)97-5)64(94)86-46-21-25-48(26-22-46)88-66(96)54-41-52(62(92)80-32-34-90(3)4)58(100-36-16-8-12-28-82-68(73)74)44-60(54)102-38-18-10-14-30-84-70(77)78/h39-48,67,81H,7-38,71-72H2,1-6H3,(H,79,91)(H,80,92)(H,85,93)(H,86,94)(H,87,95)(H,88,96)(H4,73,74,82)(H4,75,76,83)(H4,77,78,84)/t45-,46-,47-,48+. The zero-order valence-corrected chi connectivity index (χ0v) is 60.7. The van der Waals surface area contributed by atoms with Crippen molar-refractivity contribution in [1.82, 2.24) is 63.0 Å². The van der Waals surface area contributed by atoms with Crippen LogP contribution in [0.25, 0.3) is 0 Å². The van der Waals surface area contributed by atoms with Crippen molar-refractivity contribution < 1.29 is 57.2 Å². The van der Waals surface area contributed by atoms with E-state index in [-0.39, 0.29) is 130 Å². The minimum absolute atomic E-state index is 0.0981. The minimum atomic E-state index is -0.607. The van der Waals surface area contributed by atoms with Crippen LogP contribution in [0.3, 0.4) is 0 Å². The summed E-state index contributed by atoms with van der Waals surface area (Å²) in [5.74, 6) is -1.48. The number of carbonyl (C=O) groups excluding carboxylic acids is 6. The quantitative estimate of drug-likeness (QED) is 0.0167. The Balaban J connectivity index is 1.25. The number of nitrogens with two attached hydrogens (primary N) is 5. The lowest BCUT2D eigenvalue weighted by Crippen LogP contribution is -2.45. The second-order valence-electron chi connectivity index (χ2n) is 26.2. The van der Waals surface area contributed by atoms with Crippen molar-refractivity contribution in [2.24, 2.45) is 28.7 Å². The predicted octanol–water partition coefficient (Wildman–Crippen LogP) is 2.66. The molecule has 0 heterocycles. The molecule has 568 valence electrons. The van der Waals surface area contributed by atoms with Crippen LogP contribution in [0.1, 0.15) is 191 Å². The number of nitrogens with one attached hydrogen (secondary N) is 13. The molecule has 0 aliphatic heterocycles. The molecule has 0 spiro atoms. The Labute approximate surface area is 600 Å². The molecule has 23 N–H and O–H groups in total. The molecule has 5 rings (SSSR count). The zero-order chi connectivity index (χ0) is 74.3. The van der Waals surface area contributed by atoms with E-state index >= 15 is 0 Å². The molecule has 3 aromatic rings. The summed E-state index contributed by atoms with van der Waals surface area (Å²) in [6.07, 6.45) is 12.2. The molecule has 3 aromatic carbocycles. The van der Waals surface area contributed by atoms with Crippen molar-refractivity contribution in [3.63, 3.8) is 0 Å². The summed E-state index contributed by atoms with van der Waals surface area (Å²) < 4.78 is 36.5. The fourth-order valence-electron chi connectivity index (χ4n) is 11.6. The summed E-state index contributed by atoms with van der Waals surface area (Å²) in [7, 11) is 10.5. The molecule has 32 heteroatoms. The van der Waals surface area contributed by atoms with Gasteiger partial charge in [-0.05, 0) is 181 Å². The summed E-state index contributed by atoms with van der Waals surface area (Å²) >= 11 is 0. The van der Waals surface area contributed by atoms with Gasteiger partial charge in [0, 0.05) is 88.2 Å². The van der Waals surface area contributed by atoms with Crippen LogP contribution in [0.4, 0.5) is 0 Å². The van der Waals surface area contributed by atoms with Gasteiger partial charge in [0.1, 0.15) is 40.8 Å². The predicted molar refractivity (Wildman–Crippen MR) is 393 cm³/mol. The highest BCUT2D eigenvalue weighted by Crippen LogP contribution is 2.35. The molecule has 32 nitrogen and oxygen atoms in total. The van der Waals surface area contributed by atoms with Crippen molar-refractivity contribution in [3.8, 4) is 34.5 Å². The number of hydrogen-bond donors (Lipinski definition) is 18. The smallest absolute Gasteiger partial charge is 0.255 e. The van der Waals surface area contributed by atoms with Crippen LogP contribution in [-0.4, -0.2) is 215 Å². The van der Waals surface area contributed by atoms with Crippen molar-refractivity contribution in [3.05, 3.63) is 69.8 Å². The molecule has 0 saturated heterocycles. The van der Waals surface area contributed by atoms with Gasteiger partial charge in [-0.1, -0.05) is 0 Å². The maximum Gasteiger partial charge on any atom is 0.255 e. The van der Waals surface area contributed by atoms with E-state index in [1.165, 1.54) is 38.5 Å². The molecule has 2 saturated carbocycles. The molecular weight excluding hydrogens is 1310 g/mol. The first-order chi connectivity index (χ1) is 49.0. The van der Waals surface area contributed by atoms with Gasteiger partial charge in [-0.15, -0.1) is 0 Å². The van der Waals surface area contributed by atoms with E-state index in [9.17, 15) is 28.8 Å². The van der Waals surface area contributed by atoms with Crippen molar-refractivity contribution in [1.29, 1.82) is 16.2 Å². The van der Waals surface area contributed by atoms with Gasteiger partial charge < -0.3 is 115 Å². The Morgan fingerprint density at radius 1 is 0.373 bits per heavy atom. The highest BCUT2D eigenvalue weighted by Gasteiger charge is 2.32. The van der Waals surface area contributed by atoms with Crippen molar-refractivity contribution in [2.45, 2.75) is 159 Å². The Bertz CT molecular complexity index is 3180. The lowest BCUT2D eigenvalue weighted by atomic mass is 9.90. The number of benzene rings is 3. The van der Waals surface area contributed by atoms with Crippen LogP contribution in [0.15, 0.2) is 36.4 Å². The summed E-state index contributed by atoms with van der Waals surface area (Å²) in [5, 5.41) is 52.2. The van der Waals surface area contributed by atoms with Gasteiger partial charge in [0.05, 0.1) is 74.0 Å². The first kappa shape index (κ1) is 83.6. The highest BCUT2D eigenvalue weighted by atomic mass is 16.5. The maximum absolute atomic E-state index is 14.4. The number of amides is 6. The lowest BCUT2D eigenvalue weighted by molar-refractivity contribution is 0.0882. The van der Waals surface area contributed by atoms with Crippen molar-refractivity contribution >= 4 is 53.3 Å². The van der Waals surface area contributed by atoms with Gasteiger partial charge >= 0.3 is 0 Å². The molecule has 2 fully saturated rings. The Morgan fingerprint density at radius 3 is 0.882 bits per heavy atom. The van der Waals surface area contributed by atoms with E-state index < -0.39 is 41.7 Å². The summed E-state index contributed by atoms with van der Waals surface area (Å²) in [4.78, 5) is 89.1. The number of hydrogen-bond acceptors (Lipinski definition) is 20. The third kappa shape index (κ3) is 30.6. The fraction of sp³-hybridized carbons (Fsp3) is 0.614. The van der Waals surface area contributed by atoms with Crippen LogP contribution in [-0.2, 0) is 0 Å². The van der Waals surface area contributed by atoms with Gasteiger partial charge in [-0.25, -0.2) is 0 Å². The third-order valence-corrected chi connectivity index (χ3v) is 17.3. The van der Waals surface area contributed by atoms with E-state index in [2.05, 4.69) is 53.2 Å². The molecule has 2 aliphatic rings. The zero-order valence-electron chi connectivity index (χ0n) is 60.7. The number of ether oxygens (including phenoxy) is 6.